The Morgan fingerprint density at radius 2 is 1.80 bits per heavy atom. The van der Waals surface area contributed by atoms with Crippen molar-refractivity contribution < 1.29 is 8.42 Å². The van der Waals surface area contributed by atoms with Crippen LogP contribution in [0.3, 0.4) is 0 Å². The maximum absolute atomic E-state index is 12.0. The van der Waals surface area contributed by atoms with Crippen molar-refractivity contribution in [3.63, 3.8) is 0 Å². The highest BCUT2D eigenvalue weighted by molar-refractivity contribution is 7.89. The maximum atomic E-state index is 12.0. The second-order valence-corrected chi connectivity index (χ2v) is 8.39. The minimum absolute atomic E-state index is 0.181. The van der Waals surface area contributed by atoms with Crippen molar-refractivity contribution in [1.82, 2.24) is 4.98 Å². The van der Waals surface area contributed by atoms with Gasteiger partial charge >= 0.3 is 0 Å². The first kappa shape index (κ1) is 17.7. The third kappa shape index (κ3) is 3.22. The van der Waals surface area contributed by atoms with Crippen LogP contribution in [0.4, 0.5) is 0 Å². The van der Waals surface area contributed by atoms with E-state index in [1.807, 2.05) is 38.2 Å². The molecule has 25 heavy (non-hydrogen) atoms. The smallest absolute Gasteiger partial charge is 0.238 e. The first-order valence-corrected chi connectivity index (χ1v) is 9.93. The van der Waals surface area contributed by atoms with E-state index >= 15 is 0 Å². The molecule has 1 unspecified atom stereocenters. The second kappa shape index (κ2) is 6.32. The molecule has 4 nitrogen and oxygen atoms in total. The zero-order valence-corrected chi connectivity index (χ0v) is 15.9. The predicted molar refractivity (Wildman–Crippen MR) is 102 cm³/mol. The van der Waals surface area contributed by atoms with E-state index in [2.05, 4.69) is 24.0 Å². The number of hydrogen-bond donors (Lipinski definition) is 2. The van der Waals surface area contributed by atoms with Crippen molar-refractivity contribution in [3.8, 4) is 0 Å². The second-order valence-electron chi connectivity index (χ2n) is 6.89. The molecule has 3 N–H and O–H groups in total. The third-order valence-electron chi connectivity index (χ3n) is 4.94. The normalized spacial score (nSPS) is 13.3. The van der Waals surface area contributed by atoms with Crippen molar-refractivity contribution in [3.05, 3.63) is 64.3 Å². The Morgan fingerprint density at radius 3 is 2.48 bits per heavy atom. The van der Waals surface area contributed by atoms with E-state index < -0.39 is 10.0 Å². The van der Waals surface area contributed by atoms with E-state index in [0.29, 0.717) is 5.56 Å². The minimum atomic E-state index is -3.74. The standard InChI is InChI=1S/C20H24N2O2S/c1-12-9-14(3)20(25(21,23)24)15(4)19(12)13(2)10-16-11-22-18-8-6-5-7-17(16)18/h5-9,11,13,22H,10H2,1-4H3,(H2,21,23,24). The van der Waals surface area contributed by atoms with E-state index in [1.165, 1.54) is 10.9 Å². The molecule has 0 amide bonds. The molecule has 0 bridgehead atoms. The van der Waals surface area contributed by atoms with Gasteiger partial charge in [0, 0.05) is 17.1 Å². The van der Waals surface area contributed by atoms with Crippen molar-refractivity contribution in [2.45, 2.75) is 44.9 Å². The van der Waals surface area contributed by atoms with E-state index in [9.17, 15) is 8.42 Å². The zero-order valence-electron chi connectivity index (χ0n) is 15.1. The Hall–Kier alpha value is -2.11. The molecule has 1 aromatic heterocycles. The van der Waals surface area contributed by atoms with Crippen LogP contribution < -0.4 is 5.14 Å². The van der Waals surface area contributed by atoms with Crippen molar-refractivity contribution in [1.29, 1.82) is 0 Å². The van der Waals surface area contributed by atoms with Gasteiger partial charge in [-0.05, 0) is 67.0 Å². The summed E-state index contributed by atoms with van der Waals surface area (Å²) in [5.74, 6) is 0.181. The number of aryl methyl sites for hydroxylation is 2. The van der Waals surface area contributed by atoms with Crippen molar-refractivity contribution >= 4 is 20.9 Å². The van der Waals surface area contributed by atoms with Crippen LogP contribution >= 0.6 is 0 Å². The molecule has 2 aromatic carbocycles. The lowest BCUT2D eigenvalue weighted by Gasteiger charge is -2.21. The fraction of sp³-hybridized carbons (Fsp3) is 0.300. The van der Waals surface area contributed by atoms with Gasteiger partial charge in [0.05, 0.1) is 4.90 Å². The number of hydrogen-bond acceptors (Lipinski definition) is 2. The number of nitrogens with one attached hydrogen (secondary N) is 1. The molecule has 0 saturated carbocycles. The summed E-state index contributed by atoms with van der Waals surface area (Å²) in [5.41, 5.74) is 6.01. The number of nitrogens with two attached hydrogens (primary N) is 1. The molecule has 0 saturated heterocycles. The highest BCUT2D eigenvalue weighted by atomic mass is 32.2. The van der Waals surface area contributed by atoms with Gasteiger partial charge in [-0.15, -0.1) is 0 Å². The zero-order chi connectivity index (χ0) is 18.4. The van der Waals surface area contributed by atoms with Crippen molar-refractivity contribution in [2.24, 2.45) is 5.14 Å². The lowest BCUT2D eigenvalue weighted by Crippen LogP contribution is -2.18. The fourth-order valence-electron chi connectivity index (χ4n) is 4.11. The van der Waals surface area contributed by atoms with Gasteiger partial charge in [-0.25, -0.2) is 13.6 Å². The number of H-pyrrole nitrogens is 1. The van der Waals surface area contributed by atoms with Crippen LogP contribution in [-0.4, -0.2) is 13.4 Å². The molecule has 1 atom stereocenters. The number of sulfonamides is 1. The summed E-state index contributed by atoms with van der Waals surface area (Å²) in [7, 11) is -3.74. The first-order chi connectivity index (χ1) is 11.7. The Labute approximate surface area is 149 Å². The van der Waals surface area contributed by atoms with Gasteiger partial charge in [0.2, 0.25) is 10.0 Å². The highest BCUT2D eigenvalue weighted by Crippen LogP contribution is 2.33. The topological polar surface area (TPSA) is 76.0 Å². The van der Waals surface area contributed by atoms with Crippen LogP contribution in [0, 0.1) is 20.8 Å². The molecule has 0 spiro atoms. The summed E-state index contributed by atoms with van der Waals surface area (Å²) in [4.78, 5) is 3.57. The van der Waals surface area contributed by atoms with Crippen LogP contribution in [0.5, 0.6) is 0 Å². The van der Waals surface area contributed by atoms with E-state index in [0.717, 1.165) is 28.6 Å². The number of fused-ring (bicyclic) bond motifs is 1. The molecule has 3 aromatic rings. The van der Waals surface area contributed by atoms with Crippen LogP contribution in [0.2, 0.25) is 0 Å². The predicted octanol–water partition coefficient (Wildman–Crippen LogP) is 4.09. The number of benzene rings is 2. The number of primary sulfonamides is 1. The first-order valence-electron chi connectivity index (χ1n) is 8.38. The number of aromatic amines is 1. The van der Waals surface area contributed by atoms with Gasteiger partial charge in [-0.2, -0.15) is 0 Å². The number of rotatable bonds is 4. The van der Waals surface area contributed by atoms with Gasteiger partial charge in [-0.1, -0.05) is 31.2 Å². The summed E-state index contributed by atoms with van der Waals surface area (Å²) >= 11 is 0. The number of para-hydroxylation sites is 1. The Kier molecular flexibility index (Phi) is 4.47. The lowest BCUT2D eigenvalue weighted by atomic mass is 9.86. The van der Waals surface area contributed by atoms with Crippen LogP contribution in [0.1, 0.15) is 40.7 Å². The Bertz CT molecular complexity index is 1050. The molecule has 1 heterocycles. The average molecular weight is 356 g/mol. The average Bonchev–Trinajstić information content (AvgIpc) is 2.88. The summed E-state index contributed by atoms with van der Waals surface area (Å²) in [6, 6.07) is 10.1. The maximum Gasteiger partial charge on any atom is 0.238 e. The lowest BCUT2D eigenvalue weighted by molar-refractivity contribution is 0.596. The Balaban J connectivity index is 2.07. The van der Waals surface area contributed by atoms with Crippen LogP contribution in [0.15, 0.2) is 41.4 Å². The summed E-state index contributed by atoms with van der Waals surface area (Å²) in [5, 5.41) is 6.67. The van der Waals surface area contributed by atoms with Crippen LogP contribution in [0.25, 0.3) is 10.9 Å². The highest BCUT2D eigenvalue weighted by Gasteiger charge is 2.22. The van der Waals surface area contributed by atoms with Gasteiger partial charge < -0.3 is 4.98 Å². The quantitative estimate of drug-likeness (QED) is 0.739. The van der Waals surface area contributed by atoms with Gasteiger partial charge in [0.25, 0.3) is 0 Å². The molecular formula is C20H24N2O2S. The van der Waals surface area contributed by atoms with E-state index in [-0.39, 0.29) is 10.8 Å². The van der Waals surface area contributed by atoms with Gasteiger partial charge in [0.1, 0.15) is 0 Å². The molecular weight excluding hydrogens is 332 g/mol. The summed E-state index contributed by atoms with van der Waals surface area (Å²) < 4.78 is 24.1. The largest absolute Gasteiger partial charge is 0.361 e. The molecule has 0 aliphatic rings. The molecule has 0 radical (unpaired) electrons. The third-order valence-corrected chi connectivity index (χ3v) is 6.14. The van der Waals surface area contributed by atoms with Crippen LogP contribution in [-0.2, 0) is 16.4 Å². The molecule has 0 aliphatic carbocycles. The SMILES string of the molecule is Cc1cc(C)c(S(N)(=O)=O)c(C)c1C(C)Cc1c[nH]c2ccccc12. The van der Waals surface area contributed by atoms with E-state index in [1.54, 1.807) is 6.92 Å². The summed E-state index contributed by atoms with van der Waals surface area (Å²) in [6.07, 6.45) is 2.87. The Morgan fingerprint density at radius 1 is 1.12 bits per heavy atom. The fourth-order valence-corrected chi connectivity index (χ4v) is 5.15. The number of aromatic nitrogens is 1. The molecule has 0 aliphatic heterocycles. The molecule has 0 fully saturated rings. The minimum Gasteiger partial charge on any atom is -0.361 e. The monoisotopic (exact) mass is 356 g/mol. The summed E-state index contributed by atoms with van der Waals surface area (Å²) in [6.45, 7) is 7.84. The van der Waals surface area contributed by atoms with Crippen molar-refractivity contribution in [2.75, 3.05) is 0 Å². The molecule has 3 rings (SSSR count). The van der Waals surface area contributed by atoms with Gasteiger partial charge in [0.15, 0.2) is 0 Å². The van der Waals surface area contributed by atoms with Gasteiger partial charge in [-0.3, -0.25) is 0 Å². The molecule has 5 heteroatoms. The molecule has 132 valence electrons. The van der Waals surface area contributed by atoms with E-state index in [4.69, 9.17) is 5.14 Å².